The first kappa shape index (κ1) is 11.1. The summed E-state index contributed by atoms with van der Waals surface area (Å²) >= 11 is 4.19. The molecule has 1 aromatic carbocycles. The average Bonchev–Trinajstić information content (AvgIpc) is 2.28. The van der Waals surface area contributed by atoms with Crippen LogP contribution in [0.25, 0.3) is 0 Å². The molecule has 0 fully saturated rings. The zero-order valence-corrected chi connectivity index (χ0v) is 9.96. The average molecular weight is 238 g/mol. The summed E-state index contributed by atoms with van der Waals surface area (Å²) < 4.78 is 5.28. The summed E-state index contributed by atoms with van der Waals surface area (Å²) in [5.41, 5.74) is 1.78. The SMILES string of the molecule is CN(CCS)c1ccc2c(c1)NC(=O)CO2. The quantitative estimate of drug-likeness (QED) is 0.782. The van der Waals surface area contributed by atoms with Gasteiger partial charge in [-0.25, -0.2) is 0 Å². The lowest BCUT2D eigenvalue weighted by atomic mass is 10.2. The van der Waals surface area contributed by atoms with E-state index in [1.54, 1.807) is 0 Å². The molecule has 1 amide bonds. The van der Waals surface area contributed by atoms with Gasteiger partial charge in [-0.3, -0.25) is 4.79 Å². The number of nitrogens with zero attached hydrogens (tertiary/aromatic N) is 1. The third kappa shape index (κ3) is 2.24. The van der Waals surface area contributed by atoms with E-state index in [0.717, 1.165) is 29.4 Å². The Balaban J connectivity index is 2.24. The Bertz CT molecular complexity index is 409. The predicted molar refractivity (Wildman–Crippen MR) is 67.7 cm³/mol. The van der Waals surface area contributed by atoms with Gasteiger partial charge in [-0.05, 0) is 18.2 Å². The highest BCUT2D eigenvalue weighted by Crippen LogP contribution is 2.31. The number of carbonyl (C=O) groups is 1. The van der Waals surface area contributed by atoms with Crippen molar-refractivity contribution >= 4 is 29.9 Å². The lowest BCUT2D eigenvalue weighted by Crippen LogP contribution is -2.26. The van der Waals surface area contributed by atoms with Crippen molar-refractivity contribution < 1.29 is 9.53 Å². The molecule has 0 saturated carbocycles. The first-order valence-electron chi connectivity index (χ1n) is 5.09. The van der Waals surface area contributed by atoms with E-state index >= 15 is 0 Å². The van der Waals surface area contributed by atoms with E-state index in [-0.39, 0.29) is 12.5 Å². The second kappa shape index (κ2) is 4.65. The van der Waals surface area contributed by atoms with E-state index in [2.05, 4.69) is 22.8 Å². The van der Waals surface area contributed by atoms with Gasteiger partial charge in [-0.15, -0.1) is 0 Å². The molecule has 0 aromatic heterocycles. The Morgan fingerprint density at radius 3 is 3.12 bits per heavy atom. The van der Waals surface area contributed by atoms with E-state index in [0.29, 0.717) is 0 Å². The van der Waals surface area contributed by atoms with Gasteiger partial charge in [0, 0.05) is 25.0 Å². The first-order valence-corrected chi connectivity index (χ1v) is 5.72. The Kier molecular flexibility index (Phi) is 3.24. The zero-order valence-electron chi connectivity index (χ0n) is 9.06. The molecule has 5 heteroatoms. The molecule has 1 aromatic rings. The molecule has 16 heavy (non-hydrogen) atoms. The van der Waals surface area contributed by atoms with Gasteiger partial charge in [0.1, 0.15) is 5.75 Å². The molecule has 0 aliphatic carbocycles. The van der Waals surface area contributed by atoms with Gasteiger partial charge < -0.3 is 15.0 Å². The Morgan fingerprint density at radius 2 is 2.38 bits per heavy atom. The molecule has 1 N–H and O–H groups in total. The molecule has 2 rings (SSSR count). The van der Waals surface area contributed by atoms with Gasteiger partial charge in [0.25, 0.3) is 5.91 Å². The highest BCUT2D eigenvalue weighted by atomic mass is 32.1. The molecule has 4 nitrogen and oxygen atoms in total. The van der Waals surface area contributed by atoms with Crippen LogP contribution in [0, 0.1) is 0 Å². The van der Waals surface area contributed by atoms with Crippen molar-refractivity contribution in [3.05, 3.63) is 18.2 Å². The van der Waals surface area contributed by atoms with Crippen LogP contribution in [0.5, 0.6) is 5.75 Å². The maximum Gasteiger partial charge on any atom is 0.262 e. The van der Waals surface area contributed by atoms with Gasteiger partial charge in [-0.1, -0.05) is 0 Å². The number of nitrogens with one attached hydrogen (secondary N) is 1. The topological polar surface area (TPSA) is 41.6 Å². The second-order valence-electron chi connectivity index (χ2n) is 3.66. The van der Waals surface area contributed by atoms with Crippen LogP contribution >= 0.6 is 12.6 Å². The summed E-state index contributed by atoms with van der Waals surface area (Å²) in [6.07, 6.45) is 0. The fraction of sp³-hybridized carbons (Fsp3) is 0.364. The number of amides is 1. The predicted octanol–water partition coefficient (Wildman–Crippen LogP) is 1.38. The number of hydrogen-bond donors (Lipinski definition) is 2. The van der Waals surface area contributed by atoms with Crippen molar-refractivity contribution in [2.75, 3.05) is 36.2 Å². The molecule has 86 valence electrons. The number of fused-ring (bicyclic) bond motifs is 1. The highest BCUT2D eigenvalue weighted by molar-refractivity contribution is 7.80. The van der Waals surface area contributed by atoms with Gasteiger partial charge in [0.2, 0.25) is 0 Å². The maximum atomic E-state index is 11.2. The van der Waals surface area contributed by atoms with Crippen molar-refractivity contribution in [3.8, 4) is 5.75 Å². The number of hydrogen-bond acceptors (Lipinski definition) is 4. The van der Waals surface area contributed by atoms with Crippen LogP contribution in [0.1, 0.15) is 0 Å². The fourth-order valence-electron chi connectivity index (χ4n) is 1.59. The molecule has 0 saturated heterocycles. The van der Waals surface area contributed by atoms with Crippen molar-refractivity contribution in [2.24, 2.45) is 0 Å². The fourth-order valence-corrected chi connectivity index (χ4v) is 1.89. The first-order chi connectivity index (χ1) is 7.70. The van der Waals surface area contributed by atoms with E-state index in [1.165, 1.54) is 0 Å². The van der Waals surface area contributed by atoms with E-state index < -0.39 is 0 Å². The maximum absolute atomic E-state index is 11.2. The van der Waals surface area contributed by atoms with Crippen LogP contribution in [0.15, 0.2) is 18.2 Å². The molecule has 0 atom stereocenters. The molecule has 1 aliphatic heterocycles. The van der Waals surface area contributed by atoms with E-state index in [9.17, 15) is 4.79 Å². The van der Waals surface area contributed by atoms with E-state index in [1.807, 2.05) is 25.2 Å². The van der Waals surface area contributed by atoms with Crippen molar-refractivity contribution in [1.82, 2.24) is 0 Å². The molecule has 1 heterocycles. The minimum Gasteiger partial charge on any atom is -0.482 e. The molecule has 0 bridgehead atoms. The van der Waals surface area contributed by atoms with Crippen LogP contribution in [0.2, 0.25) is 0 Å². The van der Waals surface area contributed by atoms with E-state index in [4.69, 9.17) is 4.74 Å². The monoisotopic (exact) mass is 238 g/mol. The summed E-state index contributed by atoms with van der Waals surface area (Å²) in [6, 6.07) is 5.76. The Hall–Kier alpha value is -1.36. The van der Waals surface area contributed by atoms with Crippen molar-refractivity contribution in [3.63, 3.8) is 0 Å². The molecule has 0 unspecified atom stereocenters. The van der Waals surface area contributed by atoms with Crippen LogP contribution in [-0.4, -0.2) is 31.9 Å². The summed E-state index contributed by atoms with van der Waals surface area (Å²) in [6.45, 7) is 0.954. The Labute approximate surface area is 100.0 Å². The summed E-state index contributed by atoms with van der Waals surface area (Å²) in [7, 11) is 1.99. The van der Waals surface area contributed by atoms with Crippen LogP contribution in [-0.2, 0) is 4.79 Å². The lowest BCUT2D eigenvalue weighted by molar-refractivity contribution is -0.118. The molecule has 1 aliphatic rings. The second-order valence-corrected chi connectivity index (χ2v) is 4.11. The molecular formula is C11H14N2O2S. The summed E-state index contributed by atoms with van der Waals surface area (Å²) in [5, 5.41) is 2.79. The van der Waals surface area contributed by atoms with Crippen LogP contribution in [0.4, 0.5) is 11.4 Å². The van der Waals surface area contributed by atoms with Crippen molar-refractivity contribution in [1.29, 1.82) is 0 Å². The van der Waals surface area contributed by atoms with Crippen LogP contribution < -0.4 is 15.0 Å². The lowest BCUT2D eigenvalue weighted by Gasteiger charge is -2.22. The molecular weight excluding hydrogens is 224 g/mol. The number of ether oxygens (including phenoxy) is 1. The zero-order chi connectivity index (χ0) is 11.5. The number of benzene rings is 1. The Morgan fingerprint density at radius 1 is 1.56 bits per heavy atom. The minimum atomic E-state index is -0.110. The third-order valence-electron chi connectivity index (χ3n) is 2.47. The van der Waals surface area contributed by atoms with Gasteiger partial charge in [0.05, 0.1) is 5.69 Å². The normalized spacial score (nSPS) is 13.8. The number of carbonyl (C=O) groups excluding carboxylic acids is 1. The third-order valence-corrected chi connectivity index (χ3v) is 2.67. The number of anilines is 2. The van der Waals surface area contributed by atoms with Crippen LogP contribution in [0.3, 0.4) is 0 Å². The number of thiol groups is 1. The van der Waals surface area contributed by atoms with Crippen molar-refractivity contribution in [2.45, 2.75) is 0 Å². The number of rotatable bonds is 3. The molecule has 0 spiro atoms. The van der Waals surface area contributed by atoms with Gasteiger partial charge >= 0.3 is 0 Å². The smallest absolute Gasteiger partial charge is 0.262 e. The highest BCUT2D eigenvalue weighted by Gasteiger charge is 2.16. The summed E-state index contributed by atoms with van der Waals surface area (Å²) in [4.78, 5) is 13.2. The minimum absolute atomic E-state index is 0.0961. The largest absolute Gasteiger partial charge is 0.482 e. The van der Waals surface area contributed by atoms with Gasteiger partial charge in [0.15, 0.2) is 6.61 Å². The standard InChI is InChI=1S/C11H14N2O2S/c1-13(4-5-16)8-2-3-10-9(6-8)12-11(14)7-15-10/h2-3,6,16H,4-5,7H2,1H3,(H,12,14). The molecule has 0 radical (unpaired) electrons. The summed E-state index contributed by atoms with van der Waals surface area (Å²) in [5.74, 6) is 1.40. The van der Waals surface area contributed by atoms with Gasteiger partial charge in [-0.2, -0.15) is 12.6 Å².